The van der Waals surface area contributed by atoms with E-state index >= 15 is 0 Å². The summed E-state index contributed by atoms with van der Waals surface area (Å²) in [6.45, 7) is -1.44. The van der Waals surface area contributed by atoms with Crippen LogP contribution in [-0.2, 0) is 6.54 Å². The van der Waals surface area contributed by atoms with Crippen LogP contribution in [0, 0.1) is 4.77 Å². The number of thiophene rings is 1. The van der Waals surface area contributed by atoms with Crippen molar-refractivity contribution in [1.29, 1.82) is 0 Å². The van der Waals surface area contributed by atoms with Gasteiger partial charge in [-0.2, -0.15) is 8.78 Å². The lowest BCUT2D eigenvalue weighted by Gasteiger charge is -2.16. The van der Waals surface area contributed by atoms with Crippen LogP contribution in [0.4, 0.5) is 17.6 Å². The van der Waals surface area contributed by atoms with Gasteiger partial charge in [0.05, 0.1) is 12.1 Å². The van der Waals surface area contributed by atoms with E-state index in [1.165, 1.54) is 0 Å². The van der Waals surface area contributed by atoms with Crippen molar-refractivity contribution >= 4 is 33.8 Å². The average molecular weight is 298 g/mol. The van der Waals surface area contributed by atoms with Crippen LogP contribution >= 0.6 is 23.6 Å². The number of rotatable bonds is 3. The fourth-order valence-corrected chi connectivity index (χ4v) is 2.45. The maximum absolute atomic E-state index is 13.0. The van der Waals surface area contributed by atoms with Gasteiger partial charge in [0.25, 0.3) is 5.56 Å². The van der Waals surface area contributed by atoms with E-state index in [-0.39, 0.29) is 9.47 Å². The summed E-state index contributed by atoms with van der Waals surface area (Å²) in [7, 11) is 0. The lowest BCUT2D eigenvalue weighted by Crippen LogP contribution is -2.37. The van der Waals surface area contributed by atoms with Gasteiger partial charge in [0.1, 0.15) is 4.70 Å². The van der Waals surface area contributed by atoms with Crippen LogP contribution in [0.3, 0.4) is 0 Å². The van der Waals surface area contributed by atoms with E-state index in [1.807, 2.05) is 0 Å². The van der Waals surface area contributed by atoms with Crippen molar-refractivity contribution in [2.45, 2.75) is 18.9 Å². The Morgan fingerprint density at radius 1 is 1.50 bits per heavy atom. The Kier molecular flexibility index (Phi) is 3.28. The molecular weight excluding hydrogens is 292 g/mol. The first-order chi connectivity index (χ1) is 8.33. The molecule has 0 saturated heterocycles. The van der Waals surface area contributed by atoms with E-state index in [0.29, 0.717) is 10.1 Å². The Morgan fingerprint density at radius 2 is 2.17 bits per heavy atom. The second-order valence-electron chi connectivity index (χ2n) is 3.55. The zero-order valence-electron chi connectivity index (χ0n) is 8.62. The molecule has 2 heterocycles. The maximum atomic E-state index is 13.0. The Hall–Kier alpha value is -1.22. The second-order valence-corrected chi connectivity index (χ2v) is 4.85. The summed E-state index contributed by atoms with van der Waals surface area (Å²) < 4.78 is 50.5. The van der Waals surface area contributed by atoms with Crippen molar-refractivity contribution in [3.05, 3.63) is 26.6 Å². The average Bonchev–Trinajstić information content (AvgIpc) is 2.72. The van der Waals surface area contributed by atoms with Gasteiger partial charge in [0.2, 0.25) is 0 Å². The molecule has 0 aliphatic heterocycles. The van der Waals surface area contributed by atoms with E-state index in [1.54, 1.807) is 11.4 Å². The molecule has 0 radical (unpaired) electrons. The highest BCUT2D eigenvalue weighted by atomic mass is 32.1. The zero-order chi connectivity index (χ0) is 13.5. The first-order valence-corrected chi connectivity index (χ1v) is 5.98. The number of aromatic nitrogens is 2. The summed E-state index contributed by atoms with van der Waals surface area (Å²) in [6.07, 6.45) is -3.85. The number of hydrogen-bond donors (Lipinski definition) is 1. The van der Waals surface area contributed by atoms with Crippen molar-refractivity contribution in [3.8, 4) is 0 Å². The van der Waals surface area contributed by atoms with Crippen LogP contribution in [0.2, 0.25) is 0 Å². The lowest BCUT2D eigenvalue weighted by molar-refractivity contribution is -0.138. The van der Waals surface area contributed by atoms with E-state index in [4.69, 9.17) is 12.2 Å². The summed E-state index contributed by atoms with van der Waals surface area (Å²) >= 11 is 5.75. The molecule has 0 aliphatic carbocycles. The third kappa shape index (κ3) is 2.19. The van der Waals surface area contributed by atoms with Gasteiger partial charge in [-0.15, -0.1) is 11.3 Å². The first-order valence-electron chi connectivity index (χ1n) is 4.69. The number of hydrogen-bond acceptors (Lipinski definition) is 3. The van der Waals surface area contributed by atoms with E-state index in [2.05, 4.69) is 4.98 Å². The van der Waals surface area contributed by atoms with Crippen LogP contribution in [0.15, 0.2) is 16.2 Å². The summed E-state index contributed by atoms with van der Waals surface area (Å²) in [5.74, 6) is -4.30. The van der Waals surface area contributed by atoms with Gasteiger partial charge >= 0.3 is 12.3 Å². The first kappa shape index (κ1) is 13.2. The number of fused-ring (bicyclic) bond motifs is 1. The minimum absolute atomic E-state index is 0.175. The largest absolute Gasteiger partial charge is 0.331 e. The third-order valence-electron chi connectivity index (χ3n) is 2.28. The van der Waals surface area contributed by atoms with Gasteiger partial charge in [0, 0.05) is 0 Å². The topological polar surface area (TPSA) is 37.8 Å². The minimum Gasteiger partial charge on any atom is -0.331 e. The molecule has 0 bridgehead atoms. The fourth-order valence-electron chi connectivity index (χ4n) is 1.39. The molecule has 98 valence electrons. The number of H-pyrrole nitrogens is 1. The third-order valence-corrected chi connectivity index (χ3v) is 3.50. The Morgan fingerprint density at radius 3 is 2.78 bits per heavy atom. The highest BCUT2D eigenvalue weighted by Crippen LogP contribution is 2.25. The molecule has 0 saturated carbocycles. The quantitative estimate of drug-likeness (QED) is 0.698. The molecule has 0 aliphatic rings. The molecule has 1 N–H and O–H groups in total. The number of nitrogens with zero attached hydrogens (tertiary/aromatic N) is 1. The van der Waals surface area contributed by atoms with Crippen LogP contribution < -0.4 is 5.56 Å². The van der Waals surface area contributed by atoms with Crippen LogP contribution in [-0.4, -0.2) is 21.9 Å². The molecule has 0 spiro atoms. The van der Waals surface area contributed by atoms with E-state index in [0.717, 1.165) is 11.3 Å². The molecule has 2 aromatic rings. The summed E-state index contributed by atoms with van der Waals surface area (Å²) in [5, 5.41) is 1.58. The van der Waals surface area contributed by atoms with Crippen molar-refractivity contribution in [2.75, 3.05) is 0 Å². The van der Waals surface area contributed by atoms with Crippen molar-refractivity contribution in [2.24, 2.45) is 0 Å². The number of nitrogens with one attached hydrogen (secondary N) is 1. The molecule has 0 atom stereocenters. The van der Waals surface area contributed by atoms with Crippen molar-refractivity contribution < 1.29 is 17.6 Å². The SMILES string of the molecule is O=c1c2sccc2[nH]c(=S)n1CC(F)(F)C(F)F. The summed E-state index contributed by atoms with van der Waals surface area (Å²) in [5.41, 5.74) is -0.379. The maximum Gasteiger partial charge on any atom is 0.325 e. The summed E-state index contributed by atoms with van der Waals surface area (Å²) in [4.78, 5) is 14.4. The number of halogens is 4. The fraction of sp³-hybridized carbons (Fsp3) is 0.333. The van der Waals surface area contributed by atoms with Gasteiger partial charge in [-0.25, -0.2) is 8.78 Å². The molecule has 2 aromatic heterocycles. The predicted octanol–water partition coefficient (Wildman–Crippen LogP) is 3.02. The summed E-state index contributed by atoms with van der Waals surface area (Å²) in [6, 6.07) is 1.56. The molecule has 0 aromatic carbocycles. The molecule has 9 heteroatoms. The highest BCUT2D eigenvalue weighted by molar-refractivity contribution is 7.71. The predicted molar refractivity (Wildman–Crippen MR) is 62.2 cm³/mol. The standard InChI is InChI=1S/C9H6F4N2OS2/c10-7(11)9(12,13)3-15-6(16)5-4(1-2-18-5)14-8(15)17/h1-2,7H,3H2,(H,14,17). The Bertz CT molecular complexity index is 688. The molecule has 18 heavy (non-hydrogen) atoms. The van der Waals surface area contributed by atoms with Crippen LogP contribution in [0.1, 0.15) is 0 Å². The van der Waals surface area contributed by atoms with Gasteiger partial charge in [0.15, 0.2) is 4.77 Å². The van der Waals surface area contributed by atoms with Gasteiger partial charge in [-0.1, -0.05) is 0 Å². The number of alkyl halides is 4. The molecule has 0 unspecified atom stereocenters. The van der Waals surface area contributed by atoms with E-state index < -0.39 is 24.5 Å². The lowest BCUT2D eigenvalue weighted by atomic mass is 10.3. The van der Waals surface area contributed by atoms with Gasteiger partial charge < -0.3 is 4.98 Å². The van der Waals surface area contributed by atoms with Crippen molar-refractivity contribution in [1.82, 2.24) is 9.55 Å². The molecular formula is C9H6F4N2OS2. The molecule has 0 amide bonds. The normalized spacial score (nSPS) is 12.5. The highest BCUT2D eigenvalue weighted by Gasteiger charge is 2.41. The molecule has 0 fully saturated rings. The van der Waals surface area contributed by atoms with E-state index in [9.17, 15) is 22.4 Å². The number of aromatic amines is 1. The zero-order valence-corrected chi connectivity index (χ0v) is 10.3. The Balaban J connectivity index is 2.58. The smallest absolute Gasteiger partial charge is 0.325 e. The molecule has 3 nitrogen and oxygen atoms in total. The Labute approximate surface area is 107 Å². The van der Waals surface area contributed by atoms with Crippen LogP contribution in [0.5, 0.6) is 0 Å². The molecule has 2 rings (SSSR count). The second kappa shape index (κ2) is 4.47. The van der Waals surface area contributed by atoms with Crippen molar-refractivity contribution in [3.63, 3.8) is 0 Å². The van der Waals surface area contributed by atoms with Gasteiger partial charge in [-0.3, -0.25) is 9.36 Å². The van der Waals surface area contributed by atoms with Gasteiger partial charge in [-0.05, 0) is 23.7 Å². The minimum atomic E-state index is -4.30. The van der Waals surface area contributed by atoms with Crippen LogP contribution in [0.25, 0.3) is 10.2 Å². The monoisotopic (exact) mass is 298 g/mol.